The van der Waals surface area contributed by atoms with E-state index in [1.165, 1.54) is 12.8 Å². The molecule has 1 aromatic rings. The molecule has 0 aliphatic heterocycles. The van der Waals surface area contributed by atoms with Crippen molar-refractivity contribution in [1.29, 1.82) is 0 Å². The molecule has 2 N–H and O–H groups in total. The first-order valence-corrected chi connectivity index (χ1v) is 9.78. The SMILES string of the molecule is Cc1c(Br)cc(CNC2CC2)cc1S(=O)(=O)NC1CCC1. The van der Waals surface area contributed by atoms with Crippen molar-refractivity contribution in [3.63, 3.8) is 0 Å². The molecule has 2 aliphatic carbocycles. The lowest BCUT2D eigenvalue weighted by Crippen LogP contribution is -2.39. The van der Waals surface area contributed by atoms with Gasteiger partial charge in [0.2, 0.25) is 10.0 Å². The molecule has 0 bridgehead atoms. The quantitative estimate of drug-likeness (QED) is 0.806. The van der Waals surface area contributed by atoms with Crippen molar-refractivity contribution < 1.29 is 8.42 Å². The van der Waals surface area contributed by atoms with Gasteiger partial charge in [0.05, 0.1) is 4.90 Å². The lowest BCUT2D eigenvalue weighted by molar-refractivity contribution is 0.383. The van der Waals surface area contributed by atoms with Gasteiger partial charge in [0.25, 0.3) is 0 Å². The van der Waals surface area contributed by atoms with Gasteiger partial charge >= 0.3 is 0 Å². The topological polar surface area (TPSA) is 58.2 Å². The Morgan fingerprint density at radius 1 is 1.19 bits per heavy atom. The molecule has 2 aliphatic rings. The summed E-state index contributed by atoms with van der Waals surface area (Å²) in [5, 5.41) is 3.43. The van der Waals surface area contributed by atoms with Gasteiger partial charge in [0, 0.05) is 23.1 Å². The normalized spacial score (nSPS) is 19.5. The second kappa shape index (κ2) is 5.99. The van der Waals surface area contributed by atoms with Crippen molar-refractivity contribution in [2.75, 3.05) is 0 Å². The summed E-state index contributed by atoms with van der Waals surface area (Å²) in [4.78, 5) is 0.399. The Labute approximate surface area is 134 Å². The number of benzene rings is 1. The number of hydrogen-bond acceptors (Lipinski definition) is 3. The smallest absolute Gasteiger partial charge is 0.241 e. The van der Waals surface area contributed by atoms with Crippen LogP contribution in [-0.2, 0) is 16.6 Å². The van der Waals surface area contributed by atoms with Gasteiger partial charge in [0.1, 0.15) is 0 Å². The van der Waals surface area contributed by atoms with E-state index >= 15 is 0 Å². The summed E-state index contributed by atoms with van der Waals surface area (Å²) >= 11 is 3.49. The third-order valence-corrected chi connectivity index (χ3v) is 6.72. The van der Waals surface area contributed by atoms with Crippen molar-refractivity contribution in [3.8, 4) is 0 Å². The zero-order chi connectivity index (χ0) is 15.0. The average molecular weight is 373 g/mol. The highest BCUT2D eigenvalue weighted by atomic mass is 79.9. The van der Waals surface area contributed by atoms with E-state index in [1.54, 1.807) is 6.07 Å². The molecule has 0 spiro atoms. The zero-order valence-electron chi connectivity index (χ0n) is 12.2. The van der Waals surface area contributed by atoms with Gasteiger partial charge < -0.3 is 5.32 Å². The predicted molar refractivity (Wildman–Crippen MR) is 86.7 cm³/mol. The lowest BCUT2D eigenvalue weighted by Gasteiger charge is -2.26. The Kier molecular flexibility index (Phi) is 4.41. The van der Waals surface area contributed by atoms with Crippen molar-refractivity contribution in [2.45, 2.75) is 62.6 Å². The molecule has 0 unspecified atom stereocenters. The van der Waals surface area contributed by atoms with E-state index in [9.17, 15) is 8.42 Å². The van der Waals surface area contributed by atoms with E-state index < -0.39 is 10.0 Å². The summed E-state index contributed by atoms with van der Waals surface area (Å²) in [5.74, 6) is 0. The fourth-order valence-electron chi connectivity index (χ4n) is 2.45. The molecule has 0 heterocycles. The van der Waals surface area contributed by atoms with Crippen molar-refractivity contribution in [1.82, 2.24) is 10.0 Å². The van der Waals surface area contributed by atoms with E-state index in [0.717, 1.165) is 41.4 Å². The van der Waals surface area contributed by atoms with Gasteiger partial charge in [0.15, 0.2) is 0 Å². The predicted octanol–water partition coefficient (Wildman–Crippen LogP) is 2.84. The van der Waals surface area contributed by atoms with E-state index in [-0.39, 0.29) is 6.04 Å². The van der Waals surface area contributed by atoms with Crippen molar-refractivity contribution >= 4 is 26.0 Å². The Morgan fingerprint density at radius 2 is 1.90 bits per heavy atom. The zero-order valence-corrected chi connectivity index (χ0v) is 14.6. The molecule has 0 radical (unpaired) electrons. The highest BCUT2D eigenvalue weighted by Crippen LogP contribution is 2.28. The lowest BCUT2D eigenvalue weighted by atomic mass is 9.94. The summed E-state index contributed by atoms with van der Waals surface area (Å²) in [7, 11) is -3.43. The standard InChI is InChI=1S/C15H21BrN2O2S/c1-10-14(16)7-11(9-17-12-5-6-12)8-15(10)21(19,20)18-13-3-2-4-13/h7-8,12-13,17-18H,2-6,9H2,1H3. The molecule has 21 heavy (non-hydrogen) atoms. The van der Waals surface area contributed by atoms with E-state index in [4.69, 9.17) is 0 Å². The monoisotopic (exact) mass is 372 g/mol. The van der Waals surface area contributed by atoms with Crippen LogP contribution in [0.15, 0.2) is 21.5 Å². The minimum atomic E-state index is -3.43. The minimum absolute atomic E-state index is 0.112. The molecule has 6 heteroatoms. The molecule has 0 saturated heterocycles. The minimum Gasteiger partial charge on any atom is -0.310 e. The van der Waals surface area contributed by atoms with Crippen molar-refractivity contribution in [3.05, 3.63) is 27.7 Å². The average Bonchev–Trinajstić information content (AvgIpc) is 3.19. The van der Waals surface area contributed by atoms with Crippen LogP contribution in [0.1, 0.15) is 43.2 Å². The van der Waals surface area contributed by atoms with Gasteiger partial charge in [-0.05, 0) is 55.9 Å². The molecular weight excluding hydrogens is 352 g/mol. The summed E-state index contributed by atoms with van der Waals surface area (Å²) < 4.78 is 28.8. The molecule has 0 amide bonds. The van der Waals surface area contributed by atoms with Gasteiger partial charge in [-0.2, -0.15) is 0 Å². The summed E-state index contributed by atoms with van der Waals surface area (Å²) in [6, 6.07) is 4.53. The van der Waals surface area contributed by atoms with Crippen LogP contribution in [0, 0.1) is 6.92 Å². The molecule has 1 aromatic carbocycles. The van der Waals surface area contributed by atoms with Crippen LogP contribution < -0.4 is 10.0 Å². The number of sulfonamides is 1. The van der Waals surface area contributed by atoms with Crippen LogP contribution in [0.5, 0.6) is 0 Å². The van der Waals surface area contributed by atoms with Gasteiger partial charge in [-0.3, -0.25) is 0 Å². The number of rotatable bonds is 6. The van der Waals surface area contributed by atoms with Gasteiger partial charge in [-0.25, -0.2) is 13.1 Å². The largest absolute Gasteiger partial charge is 0.310 e. The molecule has 2 fully saturated rings. The Bertz CT molecular complexity index is 637. The first-order valence-electron chi connectivity index (χ1n) is 7.50. The highest BCUT2D eigenvalue weighted by molar-refractivity contribution is 9.10. The van der Waals surface area contributed by atoms with Crippen LogP contribution in [-0.4, -0.2) is 20.5 Å². The molecule has 2 saturated carbocycles. The maximum absolute atomic E-state index is 12.6. The Morgan fingerprint density at radius 3 is 2.48 bits per heavy atom. The van der Waals surface area contributed by atoms with Crippen LogP contribution in [0.3, 0.4) is 0 Å². The number of nitrogens with one attached hydrogen (secondary N) is 2. The fraction of sp³-hybridized carbons (Fsp3) is 0.600. The molecule has 116 valence electrons. The first-order chi connectivity index (χ1) is 9.95. The van der Waals surface area contributed by atoms with Crippen LogP contribution >= 0.6 is 15.9 Å². The van der Waals surface area contributed by atoms with E-state index in [2.05, 4.69) is 26.0 Å². The Balaban J connectivity index is 1.84. The molecular formula is C15H21BrN2O2S. The van der Waals surface area contributed by atoms with Crippen molar-refractivity contribution in [2.24, 2.45) is 0 Å². The van der Waals surface area contributed by atoms with Crippen LogP contribution in [0.4, 0.5) is 0 Å². The second-order valence-corrected chi connectivity index (χ2v) is 8.64. The third kappa shape index (κ3) is 3.67. The van der Waals surface area contributed by atoms with E-state index in [1.807, 2.05) is 13.0 Å². The first kappa shape index (κ1) is 15.5. The maximum Gasteiger partial charge on any atom is 0.241 e. The highest BCUT2D eigenvalue weighted by Gasteiger charge is 2.27. The van der Waals surface area contributed by atoms with Crippen LogP contribution in [0.2, 0.25) is 0 Å². The van der Waals surface area contributed by atoms with Crippen LogP contribution in [0.25, 0.3) is 0 Å². The molecule has 0 atom stereocenters. The Hall–Kier alpha value is -0.430. The molecule has 3 rings (SSSR count). The number of halogens is 1. The summed E-state index contributed by atoms with van der Waals surface area (Å²) in [5.41, 5.74) is 1.78. The summed E-state index contributed by atoms with van der Waals surface area (Å²) in [6.07, 6.45) is 5.45. The van der Waals surface area contributed by atoms with Gasteiger partial charge in [-0.1, -0.05) is 22.4 Å². The maximum atomic E-state index is 12.6. The molecule has 0 aromatic heterocycles. The third-order valence-electron chi connectivity index (χ3n) is 4.25. The van der Waals surface area contributed by atoms with E-state index in [0.29, 0.717) is 10.9 Å². The van der Waals surface area contributed by atoms with Gasteiger partial charge in [-0.15, -0.1) is 0 Å². The number of hydrogen-bond donors (Lipinski definition) is 2. The fourth-order valence-corrected chi connectivity index (χ4v) is 4.71. The molecule has 4 nitrogen and oxygen atoms in total. The summed E-state index contributed by atoms with van der Waals surface area (Å²) in [6.45, 7) is 2.56. The second-order valence-electron chi connectivity index (χ2n) is 6.11.